The van der Waals surface area contributed by atoms with Crippen LogP contribution in [0, 0.1) is 5.92 Å². The third-order valence-corrected chi connectivity index (χ3v) is 6.66. The first kappa shape index (κ1) is 24.1. The summed E-state index contributed by atoms with van der Waals surface area (Å²) >= 11 is 0. The molecule has 5 nitrogen and oxygen atoms in total. The fourth-order valence-corrected chi connectivity index (χ4v) is 4.68. The molecule has 1 amide bonds. The summed E-state index contributed by atoms with van der Waals surface area (Å²) in [6.07, 6.45) is -3.02. The molecule has 36 heavy (non-hydrogen) atoms. The van der Waals surface area contributed by atoms with E-state index < -0.39 is 17.7 Å². The van der Waals surface area contributed by atoms with Crippen molar-refractivity contribution in [1.29, 1.82) is 0 Å². The molecule has 1 atom stereocenters. The Morgan fingerprint density at radius 1 is 0.972 bits per heavy atom. The van der Waals surface area contributed by atoms with Crippen molar-refractivity contribution in [2.24, 2.45) is 5.92 Å². The van der Waals surface area contributed by atoms with Crippen LogP contribution < -0.4 is 4.74 Å². The van der Waals surface area contributed by atoms with Gasteiger partial charge in [-0.1, -0.05) is 36.4 Å². The molecule has 186 valence electrons. The molecule has 0 spiro atoms. The summed E-state index contributed by atoms with van der Waals surface area (Å²) < 4.78 is 49.8. The minimum atomic E-state index is -4.43. The fourth-order valence-electron chi connectivity index (χ4n) is 4.68. The summed E-state index contributed by atoms with van der Waals surface area (Å²) in [5.74, 6) is -0.172. The molecule has 1 unspecified atom stereocenters. The Morgan fingerprint density at radius 2 is 1.75 bits per heavy atom. The molecule has 3 aromatic carbocycles. The highest BCUT2D eigenvalue weighted by molar-refractivity contribution is 5.98. The van der Waals surface area contributed by atoms with E-state index in [0.29, 0.717) is 49.6 Å². The van der Waals surface area contributed by atoms with Gasteiger partial charge in [-0.05, 0) is 65.4 Å². The third-order valence-electron chi connectivity index (χ3n) is 6.66. The van der Waals surface area contributed by atoms with E-state index in [9.17, 15) is 22.8 Å². The van der Waals surface area contributed by atoms with Gasteiger partial charge in [0.25, 0.3) is 0 Å². The van der Waals surface area contributed by atoms with Crippen molar-refractivity contribution in [3.8, 4) is 16.9 Å². The molecule has 0 N–H and O–H groups in total. The Labute approximate surface area is 206 Å². The van der Waals surface area contributed by atoms with Crippen molar-refractivity contribution in [3.05, 3.63) is 89.0 Å². The van der Waals surface area contributed by atoms with Gasteiger partial charge in [0.05, 0.1) is 23.7 Å². The van der Waals surface area contributed by atoms with E-state index in [-0.39, 0.29) is 17.4 Å². The lowest BCUT2D eigenvalue weighted by molar-refractivity contribution is -0.138. The summed E-state index contributed by atoms with van der Waals surface area (Å²) in [4.78, 5) is 27.6. The van der Waals surface area contributed by atoms with Crippen LogP contribution in [-0.2, 0) is 28.7 Å². The van der Waals surface area contributed by atoms with Crippen LogP contribution in [0.4, 0.5) is 13.2 Å². The normalized spacial score (nSPS) is 17.5. The first-order valence-corrected chi connectivity index (χ1v) is 11.8. The van der Waals surface area contributed by atoms with E-state index in [0.717, 1.165) is 29.7 Å². The van der Waals surface area contributed by atoms with Crippen LogP contribution in [-0.4, -0.2) is 36.5 Å². The second-order valence-electron chi connectivity index (χ2n) is 9.01. The number of hydrogen-bond acceptors (Lipinski definition) is 4. The van der Waals surface area contributed by atoms with Gasteiger partial charge in [-0.3, -0.25) is 4.79 Å². The van der Waals surface area contributed by atoms with Gasteiger partial charge in [0, 0.05) is 19.7 Å². The monoisotopic (exact) mass is 495 g/mol. The number of carbonyl (C=O) groups is 2. The van der Waals surface area contributed by atoms with Gasteiger partial charge in [0.15, 0.2) is 0 Å². The van der Waals surface area contributed by atoms with Crippen molar-refractivity contribution >= 4 is 11.9 Å². The zero-order chi connectivity index (χ0) is 25.3. The Hall–Kier alpha value is -3.65. The van der Waals surface area contributed by atoms with Crippen molar-refractivity contribution in [2.45, 2.75) is 25.6 Å². The average molecular weight is 495 g/mol. The van der Waals surface area contributed by atoms with Gasteiger partial charge in [-0.15, -0.1) is 0 Å². The molecule has 2 aliphatic heterocycles. The lowest BCUT2D eigenvalue weighted by atomic mass is 9.97. The highest BCUT2D eigenvalue weighted by atomic mass is 19.4. The second kappa shape index (κ2) is 9.78. The largest absolute Gasteiger partial charge is 0.423 e. The summed E-state index contributed by atoms with van der Waals surface area (Å²) in [5.41, 5.74) is 2.50. The van der Waals surface area contributed by atoms with Gasteiger partial charge in [-0.2, -0.15) is 13.2 Å². The van der Waals surface area contributed by atoms with Gasteiger partial charge in [0.2, 0.25) is 5.91 Å². The van der Waals surface area contributed by atoms with Crippen LogP contribution in [0.5, 0.6) is 5.75 Å². The fraction of sp³-hybridized carbons (Fsp3) is 0.286. The summed E-state index contributed by atoms with van der Waals surface area (Å²) in [7, 11) is 0. The predicted octanol–water partition coefficient (Wildman–Crippen LogP) is 5.51. The zero-order valence-electron chi connectivity index (χ0n) is 19.4. The van der Waals surface area contributed by atoms with Crippen LogP contribution >= 0.6 is 0 Å². The summed E-state index contributed by atoms with van der Waals surface area (Å²) in [6.45, 7) is 2.20. The van der Waals surface area contributed by atoms with E-state index in [4.69, 9.17) is 9.47 Å². The highest BCUT2D eigenvalue weighted by Crippen LogP contribution is 2.32. The Kier molecular flexibility index (Phi) is 6.53. The molecule has 5 rings (SSSR count). The molecule has 8 heteroatoms. The van der Waals surface area contributed by atoms with E-state index in [2.05, 4.69) is 0 Å². The third kappa shape index (κ3) is 4.99. The quantitative estimate of drug-likeness (QED) is 0.354. The Balaban J connectivity index is 1.31. The maximum Gasteiger partial charge on any atom is 0.416 e. The van der Waals surface area contributed by atoms with Crippen LogP contribution in [0.3, 0.4) is 0 Å². The number of fused-ring (bicyclic) bond motifs is 1. The first-order valence-electron chi connectivity index (χ1n) is 11.8. The van der Waals surface area contributed by atoms with E-state index in [1.165, 1.54) is 12.1 Å². The zero-order valence-corrected chi connectivity index (χ0v) is 19.4. The van der Waals surface area contributed by atoms with Crippen LogP contribution in [0.2, 0.25) is 0 Å². The van der Waals surface area contributed by atoms with Crippen molar-refractivity contribution < 1.29 is 32.2 Å². The van der Waals surface area contributed by atoms with Crippen LogP contribution in [0.25, 0.3) is 11.1 Å². The first-order chi connectivity index (χ1) is 17.3. The lowest BCUT2D eigenvalue weighted by Gasteiger charge is -2.30. The van der Waals surface area contributed by atoms with Crippen molar-refractivity contribution in [2.75, 3.05) is 19.8 Å². The predicted molar refractivity (Wildman–Crippen MR) is 126 cm³/mol. The number of rotatable bonds is 4. The minimum Gasteiger partial charge on any atom is -0.423 e. The molecular weight excluding hydrogens is 471 g/mol. The van der Waals surface area contributed by atoms with Crippen molar-refractivity contribution in [1.82, 2.24) is 4.90 Å². The number of nitrogens with zero attached hydrogens (tertiary/aromatic N) is 1. The number of alkyl halides is 3. The second-order valence-corrected chi connectivity index (χ2v) is 9.01. The summed E-state index contributed by atoms with van der Waals surface area (Å²) in [5, 5.41) is 0. The molecule has 1 fully saturated rings. The number of hydrogen-bond donors (Lipinski definition) is 0. The molecule has 0 saturated carbocycles. The number of benzene rings is 3. The SMILES string of the molecule is O=C(Oc1ccc2c(c1)CCN(C(=O)C1CCOC1)C2)c1ccccc1-c1ccc(C(F)(F)F)cc1. The van der Waals surface area contributed by atoms with Crippen LogP contribution in [0.15, 0.2) is 66.7 Å². The standard InChI is InChI=1S/C28H24F3NO4/c29-28(30,31)22-8-5-18(6-9-22)24-3-1-2-4-25(24)27(34)36-23-10-7-20-16-32(13-11-19(20)15-23)26(33)21-12-14-35-17-21/h1-10,15,21H,11-14,16-17H2. The molecule has 0 aliphatic carbocycles. The molecule has 0 bridgehead atoms. The van der Waals surface area contributed by atoms with Gasteiger partial charge in [0.1, 0.15) is 5.75 Å². The number of halogens is 3. The highest BCUT2D eigenvalue weighted by Gasteiger charge is 2.31. The molecule has 3 aromatic rings. The topological polar surface area (TPSA) is 55.8 Å². The van der Waals surface area contributed by atoms with E-state index >= 15 is 0 Å². The van der Waals surface area contributed by atoms with Gasteiger partial charge >= 0.3 is 12.1 Å². The minimum absolute atomic E-state index is 0.0727. The Morgan fingerprint density at radius 3 is 2.47 bits per heavy atom. The van der Waals surface area contributed by atoms with Gasteiger partial charge < -0.3 is 14.4 Å². The molecular formula is C28H24F3NO4. The lowest BCUT2D eigenvalue weighted by Crippen LogP contribution is -2.40. The van der Waals surface area contributed by atoms with E-state index in [1.807, 2.05) is 17.0 Å². The molecule has 0 radical (unpaired) electrons. The van der Waals surface area contributed by atoms with E-state index in [1.54, 1.807) is 30.3 Å². The summed E-state index contributed by atoms with van der Waals surface area (Å²) in [6, 6.07) is 16.7. The smallest absolute Gasteiger partial charge is 0.416 e. The Bertz CT molecular complexity index is 1280. The van der Waals surface area contributed by atoms with Gasteiger partial charge in [-0.25, -0.2) is 4.79 Å². The molecule has 1 saturated heterocycles. The number of amides is 1. The molecule has 2 aliphatic rings. The van der Waals surface area contributed by atoms with Crippen LogP contribution in [0.1, 0.15) is 33.5 Å². The van der Waals surface area contributed by atoms with Crippen molar-refractivity contribution in [3.63, 3.8) is 0 Å². The number of ether oxygens (including phenoxy) is 2. The molecule has 0 aromatic heterocycles. The number of esters is 1. The average Bonchev–Trinajstić information content (AvgIpc) is 3.43. The molecule has 2 heterocycles. The number of carbonyl (C=O) groups excluding carboxylic acids is 2. The maximum absolute atomic E-state index is 13.0. The maximum atomic E-state index is 13.0.